The van der Waals surface area contributed by atoms with Crippen molar-refractivity contribution >= 4 is 11.9 Å². The number of esters is 1. The number of ether oxygens (including phenoxy) is 1. The van der Waals surface area contributed by atoms with Gasteiger partial charge in [0.2, 0.25) is 0 Å². The van der Waals surface area contributed by atoms with Crippen molar-refractivity contribution in [2.24, 2.45) is 0 Å². The number of methoxy groups -OCH3 is 1. The largest absolute Gasteiger partial charge is 0.477 e. The van der Waals surface area contributed by atoms with Gasteiger partial charge in [-0.25, -0.2) is 4.79 Å². The van der Waals surface area contributed by atoms with Crippen molar-refractivity contribution in [3.8, 4) is 0 Å². The minimum absolute atomic E-state index is 0.0461. The number of aliphatic carboxylic acids is 1. The Labute approximate surface area is 79.0 Å². The highest BCUT2D eigenvalue weighted by Gasteiger charge is 2.37. The molecule has 0 atom stereocenters. The lowest BCUT2D eigenvalue weighted by molar-refractivity contribution is -0.164. The minimum atomic E-state index is -3.81. The van der Waals surface area contributed by atoms with Gasteiger partial charge in [0.25, 0.3) is 0 Å². The van der Waals surface area contributed by atoms with Gasteiger partial charge in [-0.1, -0.05) is 0 Å². The van der Waals surface area contributed by atoms with Crippen molar-refractivity contribution in [1.82, 2.24) is 5.32 Å². The van der Waals surface area contributed by atoms with E-state index >= 15 is 0 Å². The number of carbonyl (C=O) groups is 2. The summed E-state index contributed by atoms with van der Waals surface area (Å²) in [6.07, 6.45) is -0.0772. The maximum absolute atomic E-state index is 12.4. The molecule has 0 aromatic heterocycles. The summed E-state index contributed by atoms with van der Waals surface area (Å²) >= 11 is 0. The first kappa shape index (κ1) is 12.8. The predicted octanol–water partition coefficient (Wildman–Crippen LogP) is -0.141. The zero-order valence-corrected chi connectivity index (χ0v) is 7.55. The highest BCUT2D eigenvalue weighted by atomic mass is 19.3. The zero-order valence-electron chi connectivity index (χ0n) is 7.55. The van der Waals surface area contributed by atoms with Crippen LogP contribution < -0.4 is 5.32 Å². The molecule has 0 rings (SSSR count). The molecule has 0 radical (unpaired) electrons. The van der Waals surface area contributed by atoms with E-state index < -0.39 is 24.4 Å². The van der Waals surface area contributed by atoms with E-state index in [1.54, 1.807) is 0 Å². The van der Waals surface area contributed by atoms with E-state index in [4.69, 9.17) is 5.11 Å². The van der Waals surface area contributed by atoms with Crippen LogP contribution in [-0.2, 0) is 14.3 Å². The lowest BCUT2D eigenvalue weighted by atomic mass is 10.3. The Bertz CT molecular complexity index is 220. The third kappa shape index (κ3) is 4.70. The Morgan fingerprint density at radius 3 is 2.50 bits per heavy atom. The van der Waals surface area contributed by atoms with Crippen molar-refractivity contribution in [3.63, 3.8) is 0 Å². The number of halogens is 2. The van der Waals surface area contributed by atoms with Gasteiger partial charge in [0.15, 0.2) is 0 Å². The van der Waals surface area contributed by atoms with Crippen LogP contribution in [0.1, 0.15) is 6.42 Å². The Balaban J connectivity index is 3.64. The second kappa shape index (κ2) is 5.48. The quantitative estimate of drug-likeness (QED) is 0.472. The number of hydrogen-bond acceptors (Lipinski definition) is 4. The molecule has 0 heterocycles. The van der Waals surface area contributed by atoms with Gasteiger partial charge in [0.1, 0.15) is 0 Å². The topological polar surface area (TPSA) is 75.6 Å². The van der Waals surface area contributed by atoms with E-state index in [9.17, 15) is 18.4 Å². The fourth-order valence-corrected chi connectivity index (χ4v) is 0.614. The molecule has 0 fully saturated rings. The third-order valence-corrected chi connectivity index (χ3v) is 1.39. The molecule has 0 spiro atoms. The van der Waals surface area contributed by atoms with Crippen molar-refractivity contribution in [1.29, 1.82) is 0 Å². The summed E-state index contributed by atoms with van der Waals surface area (Å²) in [5.74, 6) is -6.55. The minimum Gasteiger partial charge on any atom is -0.477 e. The monoisotopic (exact) mass is 211 g/mol. The number of hydrogen-bond donors (Lipinski definition) is 2. The standard InChI is InChI=1S/C7H11F2NO4/c1-14-5(11)2-3-10-4-7(8,9)6(12)13/h10H,2-4H2,1H3,(H,12,13). The molecule has 0 unspecified atom stereocenters. The molecule has 0 aliphatic rings. The van der Waals surface area contributed by atoms with Gasteiger partial charge in [-0.3, -0.25) is 4.79 Å². The Kier molecular flexibility index (Phi) is 5.00. The molecule has 2 N–H and O–H groups in total. The SMILES string of the molecule is COC(=O)CCNCC(F)(F)C(=O)O. The third-order valence-electron chi connectivity index (χ3n) is 1.39. The van der Waals surface area contributed by atoms with Crippen LogP contribution in [-0.4, -0.2) is 43.2 Å². The number of nitrogens with one attached hydrogen (secondary N) is 1. The summed E-state index contributed by atoms with van der Waals surface area (Å²) in [4.78, 5) is 20.4. The van der Waals surface area contributed by atoms with Crippen LogP contribution in [0.25, 0.3) is 0 Å². The van der Waals surface area contributed by atoms with Crippen LogP contribution in [0.3, 0.4) is 0 Å². The molecular weight excluding hydrogens is 200 g/mol. The molecule has 0 aliphatic carbocycles. The molecule has 0 amide bonds. The summed E-state index contributed by atoms with van der Waals surface area (Å²) in [5, 5.41) is 10.2. The van der Waals surface area contributed by atoms with Crippen LogP contribution in [0.2, 0.25) is 0 Å². The van der Waals surface area contributed by atoms with Crippen molar-refractivity contribution in [2.45, 2.75) is 12.3 Å². The van der Waals surface area contributed by atoms with Gasteiger partial charge in [0.05, 0.1) is 20.1 Å². The van der Waals surface area contributed by atoms with Crippen LogP contribution >= 0.6 is 0 Å². The van der Waals surface area contributed by atoms with E-state index in [1.807, 2.05) is 0 Å². The van der Waals surface area contributed by atoms with E-state index in [1.165, 1.54) is 7.11 Å². The first-order valence-corrected chi connectivity index (χ1v) is 3.79. The maximum Gasteiger partial charge on any atom is 0.375 e. The van der Waals surface area contributed by atoms with Gasteiger partial charge >= 0.3 is 17.9 Å². The van der Waals surface area contributed by atoms with E-state index in [0.29, 0.717) is 0 Å². The molecule has 0 saturated heterocycles. The summed E-state index contributed by atoms with van der Waals surface area (Å²) in [6.45, 7) is -1.05. The summed E-state index contributed by atoms with van der Waals surface area (Å²) in [7, 11) is 1.17. The molecule has 82 valence electrons. The molecule has 5 nitrogen and oxygen atoms in total. The molecule has 14 heavy (non-hydrogen) atoms. The first-order valence-electron chi connectivity index (χ1n) is 3.79. The maximum atomic E-state index is 12.4. The molecule has 7 heteroatoms. The summed E-state index contributed by atoms with van der Waals surface area (Å²) in [6, 6.07) is 0. The number of carboxylic acids is 1. The fraction of sp³-hybridized carbons (Fsp3) is 0.714. The highest BCUT2D eigenvalue weighted by molar-refractivity contribution is 5.75. The Morgan fingerprint density at radius 1 is 1.50 bits per heavy atom. The second-order valence-corrected chi connectivity index (χ2v) is 2.51. The van der Waals surface area contributed by atoms with Gasteiger partial charge < -0.3 is 15.2 Å². The number of alkyl halides is 2. The van der Waals surface area contributed by atoms with Crippen LogP contribution in [0, 0.1) is 0 Å². The Morgan fingerprint density at radius 2 is 2.07 bits per heavy atom. The van der Waals surface area contributed by atoms with Crippen molar-refractivity contribution < 1.29 is 28.2 Å². The lowest BCUT2D eigenvalue weighted by Gasteiger charge is -2.11. The molecule has 0 aromatic rings. The predicted molar refractivity (Wildman–Crippen MR) is 42.1 cm³/mol. The number of rotatable bonds is 6. The van der Waals surface area contributed by atoms with E-state index in [0.717, 1.165) is 0 Å². The van der Waals surface area contributed by atoms with Gasteiger partial charge in [-0.15, -0.1) is 0 Å². The molecule has 0 aromatic carbocycles. The average molecular weight is 211 g/mol. The van der Waals surface area contributed by atoms with Crippen molar-refractivity contribution in [3.05, 3.63) is 0 Å². The average Bonchev–Trinajstić information content (AvgIpc) is 2.11. The molecule has 0 saturated carbocycles. The number of carboxylic acid groups (broad SMARTS) is 1. The molecule has 0 aliphatic heterocycles. The van der Waals surface area contributed by atoms with E-state index in [2.05, 4.69) is 10.1 Å². The molecular formula is C7H11F2NO4. The smallest absolute Gasteiger partial charge is 0.375 e. The van der Waals surface area contributed by atoms with E-state index in [-0.39, 0.29) is 13.0 Å². The fourth-order valence-electron chi connectivity index (χ4n) is 0.614. The zero-order chi connectivity index (χ0) is 11.2. The lowest BCUT2D eigenvalue weighted by Crippen LogP contribution is -2.40. The molecule has 0 bridgehead atoms. The van der Waals surface area contributed by atoms with Crippen LogP contribution in [0.15, 0.2) is 0 Å². The van der Waals surface area contributed by atoms with Crippen molar-refractivity contribution in [2.75, 3.05) is 20.2 Å². The van der Waals surface area contributed by atoms with Crippen LogP contribution in [0.4, 0.5) is 8.78 Å². The van der Waals surface area contributed by atoms with Gasteiger partial charge in [0, 0.05) is 6.54 Å². The first-order chi connectivity index (χ1) is 6.40. The highest BCUT2D eigenvalue weighted by Crippen LogP contribution is 2.11. The normalized spacial score (nSPS) is 11.1. The number of carbonyl (C=O) groups excluding carboxylic acids is 1. The van der Waals surface area contributed by atoms with Crippen LogP contribution in [0.5, 0.6) is 0 Å². The van der Waals surface area contributed by atoms with Gasteiger partial charge in [-0.2, -0.15) is 8.78 Å². The Hall–Kier alpha value is -1.24. The van der Waals surface area contributed by atoms with Gasteiger partial charge in [-0.05, 0) is 0 Å². The summed E-state index contributed by atoms with van der Waals surface area (Å²) in [5.41, 5.74) is 0. The summed E-state index contributed by atoms with van der Waals surface area (Å²) < 4.78 is 29.0. The second-order valence-electron chi connectivity index (χ2n) is 2.51.